The summed E-state index contributed by atoms with van der Waals surface area (Å²) < 4.78 is 4.44. The van der Waals surface area contributed by atoms with Crippen LogP contribution in [-0.4, -0.2) is 30.6 Å². The van der Waals surface area contributed by atoms with Crippen LogP contribution in [0.15, 0.2) is 12.4 Å². The van der Waals surface area contributed by atoms with Gasteiger partial charge < -0.3 is 10.6 Å². The number of aromatic nitrogens is 5. The summed E-state index contributed by atoms with van der Waals surface area (Å²) in [5, 5.41) is 14.6. The number of rotatable bonds is 4. The predicted molar refractivity (Wildman–Crippen MR) is 92.3 cm³/mol. The first-order chi connectivity index (χ1) is 11.3. The van der Waals surface area contributed by atoms with Gasteiger partial charge >= 0.3 is 0 Å². The average molecular weight is 329 g/mol. The Morgan fingerprint density at radius 1 is 1.22 bits per heavy atom. The molecule has 0 amide bonds. The van der Waals surface area contributed by atoms with Gasteiger partial charge in [0.05, 0.1) is 23.0 Å². The highest BCUT2D eigenvalue weighted by atomic mass is 32.1. The number of nitrogens with one attached hydrogen (secondary N) is 3. The molecule has 3 N–H and O–H groups in total. The zero-order valence-electron chi connectivity index (χ0n) is 13.0. The average Bonchev–Trinajstić information content (AvgIpc) is 3.19. The second-order valence-corrected chi connectivity index (χ2v) is 6.69. The fourth-order valence-corrected chi connectivity index (χ4v) is 3.82. The lowest BCUT2D eigenvalue weighted by atomic mass is 9.95. The number of nitrogens with zero attached hydrogens (tertiary/aromatic N) is 4. The van der Waals surface area contributed by atoms with Crippen LogP contribution in [0.3, 0.4) is 0 Å². The number of aromatic amines is 1. The van der Waals surface area contributed by atoms with E-state index in [0.29, 0.717) is 12.0 Å². The molecule has 3 heterocycles. The Balaban J connectivity index is 1.69. The van der Waals surface area contributed by atoms with Gasteiger partial charge in [0, 0.05) is 12.2 Å². The van der Waals surface area contributed by atoms with E-state index in [9.17, 15) is 0 Å². The molecule has 1 aliphatic rings. The molecule has 3 aromatic rings. The third-order valence-corrected chi connectivity index (χ3v) is 5.04. The van der Waals surface area contributed by atoms with E-state index in [-0.39, 0.29) is 0 Å². The van der Waals surface area contributed by atoms with Crippen LogP contribution < -0.4 is 10.6 Å². The monoisotopic (exact) mass is 329 g/mol. The number of fused-ring (bicyclic) bond motifs is 1. The fourth-order valence-electron chi connectivity index (χ4n) is 3.04. The summed E-state index contributed by atoms with van der Waals surface area (Å²) in [4.78, 5) is 10.2. The van der Waals surface area contributed by atoms with Crippen molar-refractivity contribution in [3.63, 3.8) is 0 Å². The topological polar surface area (TPSA) is 91.4 Å². The quantitative estimate of drug-likeness (QED) is 0.677. The van der Waals surface area contributed by atoms with E-state index in [4.69, 9.17) is 4.98 Å². The lowest BCUT2D eigenvalue weighted by Gasteiger charge is -2.23. The van der Waals surface area contributed by atoms with Gasteiger partial charge in [-0.1, -0.05) is 19.3 Å². The van der Waals surface area contributed by atoms with Gasteiger partial charge in [-0.2, -0.15) is 19.4 Å². The Kier molecular flexibility index (Phi) is 3.82. The minimum absolute atomic E-state index is 0.489. The maximum atomic E-state index is 4.69. The number of aryl methyl sites for hydroxylation is 1. The Bertz CT molecular complexity index is 790. The van der Waals surface area contributed by atoms with Crippen LogP contribution in [0.2, 0.25) is 0 Å². The number of anilines is 3. The zero-order valence-corrected chi connectivity index (χ0v) is 13.8. The highest BCUT2D eigenvalue weighted by Crippen LogP contribution is 2.31. The summed E-state index contributed by atoms with van der Waals surface area (Å²) in [6.45, 7) is 2.01. The molecule has 0 aromatic carbocycles. The third-order valence-electron chi connectivity index (χ3n) is 4.21. The van der Waals surface area contributed by atoms with E-state index in [1.165, 1.54) is 43.6 Å². The van der Waals surface area contributed by atoms with E-state index >= 15 is 0 Å². The van der Waals surface area contributed by atoms with Crippen LogP contribution in [0.1, 0.15) is 37.8 Å². The van der Waals surface area contributed by atoms with Gasteiger partial charge in [0.2, 0.25) is 5.95 Å². The van der Waals surface area contributed by atoms with Gasteiger partial charge in [-0.05, 0) is 31.3 Å². The van der Waals surface area contributed by atoms with Crippen molar-refractivity contribution >= 4 is 39.2 Å². The molecule has 0 unspecified atom stereocenters. The first kappa shape index (κ1) is 14.4. The second-order valence-electron chi connectivity index (χ2n) is 5.94. The zero-order chi connectivity index (χ0) is 15.6. The maximum absolute atomic E-state index is 4.69. The molecule has 8 heteroatoms. The third kappa shape index (κ3) is 2.98. The van der Waals surface area contributed by atoms with Crippen molar-refractivity contribution in [3.05, 3.63) is 18.1 Å². The smallest absolute Gasteiger partial charge is 0.230 e. The molecule has 1 fully saturated rings. The van der Waals surface area contributed by atoms with Crippen molar-refractivity contribution < 1.29 is 0 Å². The van der Waals surface area contributed by atoms with Crippen LogP contribution in [0.4, 0.5) is 17.5 Å². The number of H-pyrrole nitrogens is 1. The van der Waals surface area contributed by atoms with Gasteiger partial charge in [-0.3, -0.25) is 5.10 Å². The lowest BCUT2D eigenvalue weighted by molar-refractivity contribution is 0.462. The fraction of sp³-hybridized carbons (Fsp3) is 0.467. The van der Waals surface area contributed by atoms with Crippen molar-refractivity contribution in [3.8, 4) is 0 Å². The van der Waals surface area contributed by atoms with Crippen LogP contribution in [0.25, 0.3) is 10.2 Å². The molecule has 0 aliphatic heterocycles. The minimum Gasteiger partial charge on any atom is -0.367 e. The molecule has 120 valence electrons. The largest absolute Gasteiger partial charge is 0.367 e. The molecule has 0 saturated heterocycles. The Morgan fingerprint density at radius 3 is 2.87 bits per heavy atom. The van der Waals surface area contributed by atoms with Crippen molar-refractivity contribution in [2.75, 3.05) is 10.6 Å². The SMILES string of the molecule is Cc1nsc2nc(Nc3cn[nH]c3)nc(NC3CCCCC3)c12. The molecule has 1 saturated carbocycles. The first-order valence-corrected chi connectivity index (χ1v) is 8.73. The summed E-state index contributed by atoms with van der Waals surface area (Å²) in [5.74, 6) is 1.46. The number of hydrogen-bond acceptors (Lipinski definition) is 7. The summed E-state index contributed by atoms with van der Waals surface area (Å²) in [6, 6.07) is 0.489. The van der Waals surface area contributed by atoms with E-state index in [1.807, 2.05) is 6.92 Å². The van der Waals surface area contributed by atoms with Gasteiger partial charge in [-0.15, -0.1) is 0 Å². The number of hydrogen-bond donors (Lipinski definition) is 3. The molecule has 0 bridgehead atoms. The standard InChI is InChI=1S/C15H19N7S/c1-9-12-13(18-10-5-3-2-4-6-10)20-15(21-14(12)23-22-9)19-11-7-16-17-8-11/h7-8,10H,2-6H2,1H3,(H,16,17)(H2,18,19,20,21). The van der Waals surface area contributed by atoms with Crippen molar-refractivity contribution in [1.82, 2.24) is 24.5 Å². The lowest BCUT2D eigenvalue weighted by Crippen LogP contribution is -2.23. The van der Waals surface area contributed by atoms with Crippen LogP contribution in [-0.2, 0) is 0 Å². The van der Waals surface area contributed by atoms with Gasteiger partial charge in [0.15, 0.2) is 4.83 Å². The van der Waals surface area contributed by atoms with E-state index in [0.717, 1.165) is 27.4 Å². The van der Waals surface area contributed by atoms with Gasteiger partial charge in [0.25, 0.3) is 0 Å². The van der Waals surface area contributed by atoms with Crippen molar-refractivity contribution in [1.29, 1.82) is 0 Å². The van der Waals surface area contributed by atoms with Crippen LogP contribution in [0.5, 0.6) is 0 Å². The van der Waals surface area contributed by atoms with E-state index in [1.54, 1.807) is 12.4 Å². The molecule has 1 aliphatic carbocycles. The molecule has 23 heavy (non-hydrogen) atoms. The first-order valence-electron chi connectivity index (χ1n) is 7.96. The highest BCUT2D eigenvalue weighted by Gasteiger charge is 2.18. The molecule has 0 radical (unpaired) electrons. The Labute approximate surface area is 138 Å². The predicted octanol–water partition coefficient (Wildman–Crippen LogP) is 3.61. The normalized spacial score (nSPS) is 15.9. The molecule has 0 spiro atoms. The van der Waals surface area contributed by atoms with E-state index in [2.05, 4.69) is 30.2 Å². The second kappa shape index (κ2) is 6.11. The Morgan fingerprint density at radius 2 is 2.09 bits per heavy atom. The van der Waals surface area contributed by atoms with Gasteiger partial charge in [0.1, 0.15) is 5.82 Å². The van der Waals surface area contributed by atoms with E-state index < -0.39 is 0 Å². The Hall–Kier alpha value is -2.22. The summed E-state index contributed by atoms with van der Waals surface area (Å²) in [6.07, 6.45) is 9.79. The van der Waals surface area contributed by atoms with Crippen molar-refractivity contribution in [2.24, 2.45) is 0 Å². The molecule has 3 aromatic heterocycles. The summed E-state index contributed by atoms with van der Waals surface area (Å²) in [5.41, 5.74) is 1.83. The maximum Gasteiger partial charge on any atom is 0.230 e. The van der Waals surface area contributed by atoms with Crippen LogP contribution >= 0.6 is 11.5 Å². The molecule has 7 nitrogen and oxygen atoms in total. The highest BCUT2D eigenvalue weighted by molar-refractivity contribution is 7.13. The van der Waals surface area contributed by atoms with Crippen molar-refractivity contribution in [2.45, 2.75) is 45.1 Å². The molecule has 4 rings (SSSR count). The molecular formula is C15H19N7S. The molecular weight excluding hydrogens is 310 g/mol. The van der Waals surface area contributed by atoms with Gasteiger partial charge in [-0.25, -0.2) is 0 Å². The minimum atomic E-state index is 0.489. The molecule has 0 atom stereocenters. The summed E-state index contributed by atoms with van der Waals surface area (Å²) >= 11 is 1.41. The van der Waals surface area contributed by atoms with Crippen LogP contribution in [0, 0.1) is 6.92 Å². The summed E-state index contributed by atoms with van der Waals surface area (Å²) in [7, 11) is 0.